The van der Waals surface area contributed by atoms with Crippen LogP contribution in [0.3, 0.4) is 0 Å². The summed E-state index contributed by atoms with van der Waals surface area (Å²) in [6.45, 7) is 2.28. The molecule has 3 nitrogen and oxygen atoms in total. The number of aryl methyl sites for hydroxylation is 1. The number of unbranched alkanes of at least 4 members (excludes halogenated alkanes) is 12. The van der Waals surface area contributed by atoms with E-state index in [1.54, 1.807) is 6.33 Å². The summed E-state index contributed by atoms with van der Waals surface area (Å²) in [5.41, 5.74) is 0. The summed E-state index contributed by atoms with van der Waals surface area (Å²) in [5, 5.41) is 6.79. The lowest BCUT2D eigenvalue weighted by molar-refractivity contribution is 0.538. The molecule has 0 spiro atoms. The lowest BCUT2D eigenvalue weighted by Gasteiger charge is -2.02. The zero-order chi connectivity index (χ0) is 14.3. The summed E-state index contributed by atoms with van der Waals surface area (Å²) >= 11 is 0. The summed E-state index contributed by atoms with van der Waals surface area (Å²) < 4.78 is 0. The van der Waals surface area contributed by atoms with Crippen molar-refractivity contribution in [2.45, 2.75) is 96.8 Å². The predicted octanol–water partition coefficient (Wildman–Crippen LogP) is 5.44. The van der Waals surface area contributed by atoms with Crippen molar-refractivity contribution in [3.05, 3.63) is 12.2 Å². The van der Waals surface area contributed by atoms with E-state index in [1.165, 1.54) is 83.5 Å². The number of H-pyrrole nitrogens is 1. The molecular formula is C17H33N3. The van der Waals surface area contributed by atoms with Gasteiger partial charge in [0.2, 0.25) is 0 Å². The van der Waals surface area contributed by atoms with Crippen LogP contribution in [0.25, 0.3) is 0 Å². The van der Waals surface area contributed by atoms with Gasteiger partial charge in [0.15, 0.2) is 0 Å². The molecule has 0 saturated carbocycles. The maximum atomic E-state index is 4.14. The van der Waals surface area contributed by atoms with Crippen LogP contribution in [0.5, 0.6) is 0 Å². The van der Waals surface area contributed by atoms with Gasteiger partial charge < -0.3 is 0 Å². The maximum Gasteiger partial charge on any atom is 0.137 e. The van der Waals surface area contributed by atoms with Crippen LogP contribution >= 0.6 is 0 Å². The summed E-state index contributed by atoms with van der Waals surface area (Å²) in [7, 11) is 0. The van der Waals surface area contributed by atoms with Crippen molar-refractivity contribution in [1.29, 1.82) is 0 Å². The third-order valence-electron chi connectivity index (χ3n) is 3.98. The van der Waals surface area contributed by atoms with Crippen molar-refractivity contribution in [2.24, 2.45) is 0 Å². The Kier molecular flexibility index (Phi) is 11.3. The first-order chi connectivity index (χ1) is 9.93. The average Bonchev–Trinajstić information content (AvgIpc) is 2.97. The van der Waals surface area contributed by atoms with E-state index in [1.807, 2.05) is 0 Å². The lowest BCUT2D eigenvalue weighted by Crippen LogP contribution is -1.89. The Morgan fingerprint density at radius 2 is 1.25 bits per heavy atom. The summed E-state index contributed by atoms with van der Waals surface area (Å²) in [4.78, 5) is 4.14. The molecule has 0 radical (unpaired) electrons. The quantitative estimate of drug-likeness (QED) is 0.461. The molecule has 1 rings (SSSR count). The third kappa shape index (κ3) is 9.99. The van der Waals surface area contributed by atoms with Gasteiger partial charge in [-0.15, -0.1) is 0 Å². The molecule has 0 aliphatic heterocycles. The van der Waals surface area contributed by atoms with Crippen LogP contribution in [0.15, 0.2) is 6.33 Å². The van der Waals surface area contributed by atoms with E-state index in [0.717, 1.165) is 12.2 Å². The highest BCUT2D eigenvalue weighted by atomic mass is 15.2. The van der Waals surface area contributed by atoms with Gasteiger partial charge in [0.25, 0.3) is 0 Å². The minimum Gasteiger partial charge on any atom is -0.263 e. The minimum atomic E-state index is 1.04. The summed E-state index contributed by atoms with van der Waals surface area (Å²) in [5.74, 6) is 1.04. The van der Waals surface area contributed by atoms with Gasteiger partial charge in [0.05, 0.1) is 0 Å². The number of nitrogens with zero attached hydrogens (tertiary/aromatic N) is 2. The predicted molar refractivity (Wildman–Crippen MR) is 85.8 cm³/mol. The Morgan fingerprint density at radius 3 is 1.70 bits per heavy atom. The molecule has 116 valence electrons. The van der Waals surface area contributed by atoms with Crippen molar-refractivity contribution < 1.29 is 0 Å². The van der Waals surface area contributed by atoms with E-state index in [2.05, 4.69) is 22.1 Å². The van der Waals surface area contributed by atoms with Crippen LogP contribution in [0.1, 0.15) is 96.2 Å². The second-order valence-electron chi connectivity index (χ2n) is 5.92. The molecule has 3 heteroatoms. The smallest absolute Gasteiger partial charge is 0.137 e. The normalized spacial score (nSPS) is 11.1. The molecule has 0 aromatic carbocycles. The van der Waals surface area contributed by atoms with Gasteiger partial charge in [-0.3, -0.25) is 5.10 Å². The van der Waals surface area contributed by atoms with E-state index < -0.39 is 0 Å². The Morgan fingerprint density at radius 1 is 0.750 bits per heavy atom. The SMILES string of the molecule is CCCCCCCCCCCCCCCc1ncn[nH]1. The molecule has 1 N–H and O–H groups in total. The molecule has 0 unspecified atom stereocenters. The van der Waals surface area contributed by atoms with Gasteiger partial charge in [-0.2, -0.15) is 5.10 Å². The van der Waals surface area contributed by atoms with E-state index in [-0.39, 0.29) is 0 Å². The van der Waals surface area contributed by atoms with Crippen molar-refractivity contribution in [3.63, 3.8) is 0 Å². The maximum absolute atomic E-state index is 4.14. The monoisotopic (exact) mass is 279 g/mol. The molecule has 20 heavy (non-hydrogen) atoms. The first-order valence-corrected chi connectivity index (χ1v) is 8.77. The van der Waals surface area contributed by atoms with Gasteiger partial charge in [0.1, 0.15) is 12.2 Å². The van der Waals surface area contributed by atoms with Gasteiger partial charge >= 0.3 is 0 Å². The van der Waals surface area contributed by atoms with Crippen LogP contribution in [-0.2, 0) is 6.42 Å². The van der Waals surface area contributed by atoms with Crippen LogP contribution in [-0.4, -0.2) is 15.2 Å². The van der Waals surface area contributed by atoms with Crippen LogP contribution < -0.4 is 0 Å². The molecule has 1 aromatic heterocycles. The zero-order valence-electron chi connectivity index (χ0n) is 13.4. The minimum absolute atomic E-state index is 1.04. The van der Waals surface area contributed by atoms with Crippen LogP contribution in [0.2, 0.25) is 0 Å². The number of nitrogens with one attached hydrogen (secondary N) is 1. The fourth-order valence-corrected chi connectivity index (χ4v) is 2.66. The van der Waals surface area contributed by atoms with Crippen molar-refractivity contribution in [1.82, 2.24) is 15.2 Å². The first-order valence-electron chi connectivity index (χ1n) is 8.77. The standard InChI is InChI=1S/C17H33N3/c1-2-3-4-5-6-7-8-9-10-11-12-13-14-15-17-18-16-19-20-17/h16H,2-15H2,1H3,(H,18,19,20). The second-order valence-corrected chi connectivity index (χ2v) is 5.92. The van der Waals surface area contributed by atoms with Gasteiger partial charge in [-0.05, 0) is 6.42 Å². The van der Waals surface area contributed by atoms with E-state index in [0.29, 0.717) is 0 Å². The Balaban J connectivity index is 1.70. The average molecular weight is 279 g/mol. The van der Waals surface area contributed by atoms with Gasteiger partial charge in [-0.25, -0.2) is 4.98 Å². The van der Waals surface area contributed by atoms with Gasteiger partial charge in [0, 0.05) is 6.42 Å². The fraction of sp³-hybridized carbons (Fsp3) is 0.882. The van der Waals surface area contributed by atoms with Crippen molar-refractivity contribution in [2.75, 3.05) is 0 Å². The summed E-state index contributed by atoms with van der Waals surface area (Å²) in [6, 6.07) is 0. The largest absolute Gasteiger partial charge is 0.263 e. The van der Waals surface area contributed by atoms with Gasteiger partial charge in [-0.1, -0.05) is 84.0 Å². The zero-order valence-corrected chi connectivity index (χ0v) is 13.4. The fourth-order valence-electron chi connectivity index (χ4n) is 2.66. The van der Waals surface area contributed by atoms with Crippen LogP contribution in [0.4, 0.5) is 0 Å². The molecule has 0 bridgehead atoms. The van der Waals surface area contributed by atoms with E-state index in [9.17, 15) is 0 Å². The topological polar surface area (TPSA) is 41.6 Å². The Hall–Kier alpha value is -0.860. The Bertz CT molecular complexity index is 282. The molecule has 0 atom stereocenters. The van der Waals surface area contributed by atoms with Crippen LogP contribution in [0, 0.1) is 0 Å². The summed E-state index contributed by atoms with van der Waals surface area (Å²) in [6.07, 6.45) is 20.9. The van der Waals surface area contributed by atoms with E-state index >= 15 is 0 Å². The first kappa shape index (κ1) is 17.2. The molecule has 1 heterocycles. The lowest BCUT2D eigenvalue weighted by atomic mass is 10.0. The number of aromatic nitrogens is 3. The van der Waals surface area contributed by atoms with Crippen molar-refractivity contribution in [3.8, 4) is 0 Å². The molecule has 1 aromatic rings. The molecule has 0 aliphatic carbocycles. The molecule has 0 aliphatic rings. The molecule has 0 amide bonds. The number of aromatic amines is 1. The highest BCUT2D eigenvalue weighted by molar-refractivity contribution is 4.79. The molecular weight excluding hydrogens is 246 g/mol. The number of hydrogen-bond acceptors (Lipinski definition) is 2. The molecule has 0 fully saturated rings. The highest BCUT2D eigenvalue weighted by Crippen LogP contribution is 2.12. The highest BCUT2D eigenvalue weighted by Gasteiger charge is 1.96. The number of rotatable bonds is 14. The van der Waals surface area contributed by atoms with E-state index in [4.69, 9.17) is 0 Å². The van der Waals surface area contributed by atoms with Crippen molar-refractivity contribution >= 4 is 0 Å². The number of hydrogen-bond donors (Lipinski definition) is 1. The third-order valence-corrected chi connectivity index (χ3v) is 3.98. The second kappa shape index (κ2) is 13.1. The molecule has 0 saturated heterocycles. The Labute approximate surface area is 125 Å².